The number of carbonyl (C=O) groups excluding carboxylic acids is 4. The Hall–Kier alpha value is -1.17. The predicted molar refractivity (Wildman–Crippen MR) is 158 cm³/mol. The van der Waals surface area contributed by atoms with Crippen LogP contribution in [0.25, 0.3) is 0 Å². The number of ketones is 1. The van der Waals surface area contributed by atoms with E-state index < -0.39 is 25.2 Å². The van der Waals surface area contributed by atoms with E-state index in [1.54, 1.807) is 0 Å². The molecule has 0 heterocycles. The van der Waals surface area contributed by atoms with Gasteiger partial charge in [0.05, 0.1) is 0 Å². The number of nitrogens with one attached hydrogen (secondary N) is 1. The van der Waals surface area contributed by atoms with Gasteiger partial charge in [0.15, 0.2) is 19.2 Å². The van der Waals surface area contributed by atoms with Crippen molar-refractivity contribution in [3.63, 3.8) is 0 Å². The Morgan fingerprint density at radius 2 is 1.18 bits per heavy atom. The maximum absolute atomic E-state index is 12.6. The summed E-state index contributed by atoms with van der Waals surface area (Å²) in [6.07, 6.45) is 18.2. The Bertz CT molecular complexity index is 657. The minimum Gasteiger partial charge on any atom is -0.360 e. The minimum atomic E-state index is -2.41. The summed E-state index contributed by atoms with van der Waals surface area (Å²) in [5, 5.41) is 2.78. The van der Waals surface area contributed by atoms with Crippen LogP contribution in [-0.4, -0.2) is 59.2 Å². The molecule has 0 aromatic heterocycles. The van der Waals surface area contributed by atoms with Crippen molar-refractivity contribution in [1.82, 2.24) is 10.2 Å². The summed E-state index contributed by atoms with van der Waals surface area (Å²) in [6.45, 7) is 4.84. The highest BCUT2D eigenvalue weighted by Gasteiger charge is 2.28. The summed E-state index contributed by atoms with van der Waals surface area (Å²) >= 11 is 0. The van der Waals surface area contributed by atoms with Crippen LogP contribution in [0, 0.1) is 0 Å². The summed E-state index contributed by atoms with van der Waals surface area (Å²) in [5.41, 5.74) is -1.01. The minimum absolute atomic E-state index is 0.0160. The lowest BCUT2D eigenvalue weighted by Gasteiger charge is -2.19. The summed E-state index contributed by atoms with van der Waals surface area (Å²) in [6, 6.07) is -0.664. The molecule has 0 aliphatic carbocycles. The largest absolute Gasteiger partial charge is 0.360 e. The van der Waals surface area contributed by atoms with Crippen LogP contribution in [-0.2, 0) is 19.2 Å². The Kier molecular flexibility index (Phi) is 24.1. The van der Waals surface area contributed by atoms with E-state index >= 15 is 0 Å². The molecular formula is C30H57N2O5P. The smallest absolute Gasteiger partial charge is 0.220 e. The SMILES string of the molecule is CCCCCCCCCCCCCCCC(=O)CC(CC(=O)P(O)C(=O)CCCN(C)C)NC(=O)CCC. The molecule has 7 nitrogen and oxygen atoms in total. The average Bonchev–Trinajstić information content (AvgIpc) is 2.86. The first-order chi connectivity index (χ1) is 18.2. The normalized spacial score (nSPS) is 12.9. The van der Waals surface area contributed by atoms with E-state index in [1.807, 2.05) is 25.9 Å². The van der Waals surface area contributed by atoms with E-state index in [1.165, 1.54) is 64.2 Å². The number of rotatable bonds is 27. The zero-order valence-corrected chi connectivity index (χ0v) is 25.8. The molecule has 0 aromatic rings. The lowest BCUT2D eigenvalue weighted by atomic mass is 10.0. The first-order valence-corrected chi connectivity index (χ1v) is 16.5. The Labute approximate surface area is 234 Å². The molecule has 2 atom stereocenters. The van der Waals surface area contributed by atoms with E-state index in [0.717, 1.165) is 19.3 Å². The fourth-order valence-electron chi connectivity index (χ4n) is 4.51. The number of amides is 1. The van der Waals surface area contributed by atoms with Gasteiger partial charge < -0.3 is 15.1 Å². The molecule has 0 spiro atoms. The van der Waals surface area contributed by atoms with Crippen LogP contribution in [0.5, 0.6) is 0 Å². The summed E-state index contributed by atoms with van der Waals surface area (Å²) in [7, 11) is 1.39. The molecule has 38 heavy (non-hydrogen) atoms. The molecule has 0 saturated heterocycles. The molecule has 1 amide bonds. The predicted octanol–water partition coefficient (Wildman–Crippen LogP) is 6.89. The van der Waals surface area contributed by atoms with Gasteiger partial charge in [-0.25, -0.2) is 0 Å². The van der Waals surface area contributed by atoms with Gasteiger partial charge in [-0.05, 0) is 39.9 Å². The van der Waals surface area contributed by atoms with E-state index in [2.05, 4.69) is 12.2 Å². The van der Waals surface area contributed by atoms with Gasteiger partial charge in [0.25, 0.3) is 0 Å². The lowest BCUT2D eigenvalue weighted by molar-refractivity contribution is -0.123. The third kappa shape index (κ3) is 21.7. The third-order valence-corrected chi connectivity index (χ3v) is 8.12. The van der Waals surface area contributed by atoms with Crippen LogP contribution in [0.3, 0.4) is 0 Å². The van der Waals surface area contributed by atoms with Crippen LogP contribution >= 0.6 is 8.15 Å². The second-order valence-electron chi connectivity index (χ2n) is 11.0. The molecule has 0 saturated carbocycles. The van der Waals surface area contributed by atoms with Gasteiger partial charge in [0.1, 0.15) is 5.78 Å². The van der Waals surface area contributed by atoms with Crippen LogP contribution in [0.15, 0.2) is 0 Å². The topological polar surface area (TPSA) is 104 Å². The molecule has 0 bridgehead atoms. The third-order valence-electron chi connectivity index (χ3n) is 6.76. The molecule has 0 rings (SSSR count). The summed E-state index contributed by atoms with van der Waals surface area (Å²) in [4.78, 5) is 61.8. The van der Waals surface area contributed by atoms with Crippen molar-refractivity contribution < 1.29 is 24.1 Å². The highest BCUT2D eigenvalue weighted by molar-refractivity contribution is 7.84. The second kappa shape index (κ2) is 24.8. The quantitative estimate of drug-likeness (QED) is 0.0844. The van der Waals surface area contributed by atoms with E-state index in [0.29, 0.717) is 32.2 Å². The molecule has 0 radical (unpaired) electrons. The maximum Gasteiger partial charge on any atom is 0.220 e. The van der Waals surface area contributed by atoms with Crippen molar-refractivity contribution in [1.29, 1.82) is 0 Å². The summed E-state index contributed by atoms with van der Waals surface area (Å²) in [5.74, 6) is -0.194. The van der Waals surface area contributed by atoms with Crippen molar-refractivity contribution in [3.8, 4) is 0 Å². The first kappa shape index (κ1) is 36.8. The number of hydrogen-bond acceptors (Lipinski definition) is 6. The number of Topliss-reactive ketones (excluding diaryl/α,β-unsaturated/α-hetero) is 1. The van der Waals surface area contributed by atoms with E-state index in [9.17, 15) is 24.1 Å². The van der Waals surface area contributed by atoms with Crippen LogP contribution in [0.1, 0.15) is 142 Å². The van der Waals surface area contributed by atoms with E-state index in [4.69, 9.17) is 0 Å². The standard InChI is InChI=1S/C30H57N2O5P/c1-5-7-8-9-10-11-12-13-14-15-16-17-18-21-27(33)24-26(31-28(34)20-6-2)25-30(36)38(37)29(35)22-19-23-32(3)4/h26,37H,5-25H2,1-4H3,(H,31,34). The van der Waals surface area contributed by atoms with E-state index in [-0.39, 0.29) is 31.0 Å². The first-order valence-electron chi connectivity index (χ1n) is 15.2. The lowest BCUT2D eigenvalue weighted by Crippen LogP contribution is -2.38. The van der Waals surface area contributed by atoms with Gasteiger partial charge in [0, 0.05) is 38.1 Å². The molecule has 0 aliphatic heterocycles. The van der Waals surface area contributed by atoms with Crippen molar-refractivity contribution in [2.45, 2.75) is 148 Å². The molecule has 0 aliphatic rings. The number of unbranched alkanes of at least 4 members (excludes halogenated alkanes) is 12. The van der Waals surface area contributed by atoms with Crippen molar-refractivity contribution in [2.24, 2.45) is 0 Å². The van der Waals surface area contributed by atoms with Gasteiger partial charge in [0.2, 0.25) is 5.91 Å². The highest BCUT2D eigenvalue weighted by atomic mass is 31.1. The fraction of sp³-hybridized carbons (Fsp3) is 0.867. The van der Waals surface area contributed by atoms with Crippen LogP contribution in [0.2, 0.25) is 0 Å². The van der Waals surface area contributed by atoms with Gasteiger partial charge in [-0.2, -0.15) is 0 Å². The van der Waals surface area contributed by atoms with Crippen LogP contribution in [0.4, 0.5) is 0 Å². The Balaban J connectivity index is 4.30. The van der Waals surface area contributed by atoms with Gasteiger partial charge in [-0.15, -0.1) is 0 Å². The molecule has 8 heteroatoms. The molecular weight excluding hydrogens is 499 g/mol. The Morgan fingerprint density at radius 1 is 0.658 bits per heavy atom. The molecule has 0 aromatic carbocycles. The number of hydrogen-bond donors (Lipinski definition) is 2. The Morgan fingerprint density at radius 3 is 1.68 bits per heavy atom. The average molecular weight is 557 g/mol. The summed E-state index contributed by atoms with van der Waals surface area (Å²) < 4.78 is 0. The molecule has 0 fully saturated rings. The fourth-order valence-corrected chi connectivity index (χ4v) is 5.55. The second-order valence-corrected chi connectivity index (χ2v) is 12.6. The number of carbonyl (C=O) groups is 4. The van der Waals surface area contributed by atoms with Crippen molar-refractivity contribution in [2.75, 3.05) is 20.6 Å². The molecule has 2 N–H and O–H groups in total. The number of nitrogens with zero attached hydrogens (tertiary/aromatic N) is 1. The molecule has 2 unspecified atom stereocenters. The van der Waals surface area contributed by atoms with Crippen LogP contribution < -0.4 is 5.32 Å². The monoisotopic (exact) mass is 556 g/mol. The van der Waals surface area contributed by atoms with Crippen molar-refractivity contribution >= 4 is 30.9 Å². The van der Waals surface area contributed by atoms with Gasteiger partial charge in [-0.1, -0.05) is 90.9 Å². The van der Waals surface area contributed by atoms with Gasteiger partial charge in [-0.3, -0.25) is 19.2 Å². The highest BCUT2D eigenvalue weighted by Crippen LogP contribution is 2.36. The van der Waals surface area contributed by atoms with Crippen molar-refractivity contribution in [3.05, 3.63) is 0 Å². The maximum atomic E-state index is 12.6. The molecule has 222 valence electrons. The van der Waals surface area contributed by atoms with Gasteiger partial charge >= 0.3 is 0 Å². The zero-order valence-electron chi connectivity index (χ0n) is 24.9. The zero-order chi connectivity index (χ0) is 28.6.